The van der Waals surface area contributed by atoms with Gasteiger partial charge in [-0.25, -0.2) is 4.98 Å². The van der Waals surface area contributed by atoms with Gasteiger partial charge in [0.15, 0.2) is 0 Å². The maximum absolute atomic E-state index is 11.5. The summed E-state index contributed by atoms with van der Waals surface area (Å²) in [5.41, 5.74) is 5.73. The minimum atomic E-state index is -0.552. The second-order valence-corrected chi connectivity index (χ2v) is 10.0. The molecule has 1 saturated carbocycles. The number of aromatic amines is 1. The van der Waals surface area contributed by atoms with Gasteiger partial charge in [0, 0.05) is 18.9 Å². The topological polar surface area (TPSA) is 52.1 Å². The Morgan fingerprint density at radius 3 is 2.78 bits per heavy atom. The van der Waals surface area contributed by atoms with Crippen molar-refractivity contribution in [2.75, 3.05) is 20.1 Å². The van der Waals surface area contributed by atoms with E-state index in [9.17, 15) is 5.11 Å². The monoisotopic (exact) mass is 429 g/mol. The van der Waals surface area contributed by atoms with Crippen molar-refractivity contribution in [2.24, 2.45) is 11.8 Å². The number of para-hydroxylation sites is 2. The van der Waals surface area contributed by atoms with Crippen molar-refractivity contribution in [1.82, 2.24) is 14.9 Å². The first-order valence-corrected chi connectivity index (χ1v) is 12.1. The van der Waals surface area contributed by atoms with E-state index in [0.717, 1.165) is 62.1 Å². The smallest absolute Gasteiger partial charge is 0.107 e. The number of allylic oxidation sites excluding steroid dienone is 1. The number of aryl methyl sites for hydroxylation is 2. The quantitative estimate of drug-likeness (QED) is 0.506. The normalized spacial score (nSPS) is 24.9. The van der Waals surface area contributed by atoms with E-state index in [1.54, 1.807) is 0 Å². The Hall–Kier alpha value is -2.43. The summed E-state index contributed by atoms with van der Waals surface area (Å²) in [5.74, 6) is 1.84. The molecule has 1 aromatic heterocycles. The molecule has 4 nitrogen and oxygen atoms in total. The van der Waals surface area contributed by atoms with Crippen LogP contribution in [0.15, 0.2) is 54.6 Å². The van der Waals surface area contributed by atoms with Crippen molar-refractivity contribution >= 4 is 16.6 Å². The van der Waals surface area contributed by atoms with Crippen molar-refractivity contribution in [3.05, 3.63) is 71.6 Å². The average Bonchev–Trinajstić information content (AvgIpc) is 3.21. The van der Waals surface area contributed by atoms with Crippen molar-refractivity contribution in [3.8, 4) is 0 Å². The van der Waals surface area contributed by atoms with Gasteiger partial charge in [0.25, 0.3) is 0 Å². The number of H-pyrrole nitrogens is 1. The van der Waals surface area contributed by atoms with Crippen LogP contribution in [0.25, 0.3) is 16.6 Å². The van der Waals surface area contributed by atoms with Crippen LogP contribution in [0.3, 0.4) is 0 Å². The van der Waals surface area contributed by atoms with Gasteiger partial charge in [-0.3, -0.25) is 0 Å². The van der Waals surface area contributed by atoms with Gasteiger partial charge in [0.1, 0.15) is 5.82 Å². The molecule has 168 valence electrons. The number of benzene rings is 2. The lowest BCUT2D eigenvalue weighted by Crippen LogP contribution is -2.48. The minimum absolute atomic E-state index is 0.284. The van der Waals surface area contributed by atoms with Gasteiger partial charge >= 0.3 is 0 Å². The molecule has 3 atom stereocenters. The first kappa shape index (κ1) is 21.4. The van der Waals surface area contributed by atoms with Crippen LogP contribution in [0.4, 0.5) is 0 Å². The lowest BCUT2D eigenvalue weighted by molar-refractivity contribution is -0.0574. The molecule has 4 heteroatoms. The number of aromatic nitrogens is 2. The van der Waals surface area contributed by atoms with Gasteiger partial charge in [-0.1, -0.05) is 48.0 Å². The third-order valence-electron chi connectivity index (χ3n) is 7.61. The van der Waals surface area contributed by atoms with Gasteiger partial charge < -0.3 is 15.0 Å². The Balaban J connectivity index is 1.14. The fourth-order valence-electron chi connectivity index (χ4n) is 5.77. The van der Waals surface area contributed by atoms with Crippen LogP contribution in [0.1, 0.15) is 49.1 Å². The highest BCUT2D eigenvalue weighted by atomic mass is 16.3. The summed E-state index contributed by atoms with van der Waals surface area (Å²) in [6.45, 7) is 4.12. The summed E-state index contributed by atoms with van der Waals surface area (Å²) < 4.78 is 0. The van der Waals surface area contributed by atoms with Gasteiger partial charge in [-0.2, -0.15) is 0 Å². The Bertz CT molecular complexity index is 1080. The number of imidazole rings is 1. The fourth-order valence-corrected chi connectivity index (χ4v) is 5.77. The fraction of sp³-hybridized carbons (Fsp3) is 0.464. The zero-order valence-electron chi connectivity index (χ0n) is 19.3. The number of aliphatic hydroxyl groups is 1. The molecule has 3 aliphatic rings. The lowest BCUT2D eigenvalue weighted by atomic mass is 9.61. The molecule has 1 fully saturated rings. The molecule has 0 aliphatic heterocycles. The summed E-state index contributed by atoms with van der Waals surface area (Å²) in [6, 6.07) is 17.0. The molecular weight excluding hydrogens is 394 g/mol. The molecule has 3 aliphatic carbocycles. The third kappa shape index (κ3) is 4.39. The van der Waals surface area contributed by atoms with E-state index in [1.165, 1.54) is 23.1 Å². The second-order valence-electron chi connectivity index (χ2n) is 10.0. The highest BCUT2D eigenvalue weighted by Crippen LogP contribution is 2.51. The average molecular weight is 430 g/mol. The van der Waals surface area contributed by atoms with E-state index >= 15 is 0 Å². The predicted molar refractivity (Wildman–Crippen MR) is 131 cm³/mol. The maximum atomic E-state index is 11.5. The summed E-state index contributed by atoms with van der Waals surface area (Å²) in [6.07, 6.45) is 8.51. The Kier molecular flexibility index (Phi) is 5.92. The Morgan fingerprint density at radius 1 is 1.12 bits per heavy atom. The second kappa shape index (κ2) is 8.84. The Labute approximate surface area is 191 Å². The van der Waals surface area contributed by atoms with Gasteiger partial charge in [0.05, 0.1) is 16.6 Å². The van der Waals surface area contributed by atoms with Gasteiger partial charge in [-0.05, 0) is 81.8 Å². The largest absolute Gasteiger partial charge is 0.389 e. The third-order valence-corrected chi connectivity index (χ3v) is 7.61. The first-order chi connectivity index (χ1) is 15.5. The van der Waals surface area contributed by atoms with Gasteiger partial charge in [0.2, 0.25) is 0 Å². The molecule has 2 aromatic carbocycles. The van der Waals surface area contributed by atoms with E-state index in [2.05, 4.69) is 71.3 Å². The highest BCUT2D eigenvalue weighted by molar-refractivity contribution is 5.74. The Morgan fingerprint density at radius 2 is 2.00 bits per heavy atom. The molecule has 32 heavy (non-hydrogen) atoms. The summed E-state index contributed by atoms with van der Waals surface area (Å²) in [7, 11) is 2.18. The molecule has 3 unspecified atom stereocenters. The molecule has 3 aromatic rings. The zero-order chi connectivity index (χ0) is 22.1. The zero-order valence-corrected chi connectivity index (χ0v) is 19.3. The summed E-state index contributed by atoms with van der Waals surface area (Å²) >= 11 is 0. The van der Waals surface area contributed by atoms with Crippen molar-refractivity contribution in [2.45, 2.75) is 51.0 Å². The number of rotatable bonds is 8. The van der Waals surface area contributed by atoms with E-state index in [-0.39, 0.29) is 5.92 Å². The molecule has 0 radical (unpaired) electrons. The summed E-state index contributed by atoms with van der Waals surface area (Å²) in [4.78, 5) is 10.5. The number of nitrogens with zero attached hydrogens (tertiary/aromatic N) is 2. The number of fused-ring (bicyclic) bond motifs is 3. The van der Waals surface area contributed by atoms with E-state index in [0.29, 0.717) is 5.92 Å². The van der Waals surface area contributed by atoms with E-state index in [4.69, 9.17) is 0 Å². The van der Waals surface area contributed by atoms with Crippen molar-refractivity contribution < 1.29 is 5.11 Å². The van der Waals surface area contributed by atoms with Crippen LogP contribution in [0.2, 0.25) is 0 Å². The number of hydrogen-bond acceptors (Lipinski definition) is 3. The van der Waals surface area contributed by atoms with Crippen molar-refractivity contribution in [3.63, 3.8) is 0 Å². The van der Waals surface area contributed by atoms with Crippen LogP contribution in [-0.2, 0) is 6.42 Å². The standard InChI is InChI=1S/C28H35N3O/c1-20-7-5-8-21(17-20)24-18-23-13-12-22(24)19-28(23,32)14-16-31(2)15-6-11-27-29-25-9-3-4-10-26(25)30-27/h3-5,7-10,17-18,22-23,32H,6,11-16,19H2,1-2H3,(H,29,30). The summed E-state index contributed by atoms with van der Waals surface area (Å²) in [5, 5.41) is 11.5. The molecule has 2 bridgehead atoms. The van der Waals surface area contributed by atoms with E-state index < -0.39 is 5.60 Å². The predicted octanol–water partition coefficient (Wildman–Crippen LogP) is 5.37. The molecular formula is C28H35N3O. The maximum Gasteiger partial charge on any atom is 0.107 e. The van der Waals surface area contributed by atoms with Crippen LogP contribution in [-0.4, -0.2) is 45.7 Å². The number of nitrogens with one attached hydrogen (secondary N) is 1. The lowest BCUT2D eigenvalue weighted by Gasteiger charge is -2.48. The van der Waals surface area contributed by atoms with Crippen LogP contribution >= 0.6 is 0 Å². The molecule has 6 rings (SSSR count). The SMILES string of the molecule is Cc1cccc(C2=CC3CCC2CC3(O)CCN(C)CCCc2nc3ccccc3[nH]2)c1. The number of hydrogen-bond donors (Lipinski definition) is 2. The molecule has 1 heterocycles. The van der Waals surface area contributed by atoms with E-state index in [1.807, 2.05) is 12.1 Å². The highest BCUT2D eigenvalue weighted by Gasteiger charge is 2.46. The van der Waals surface area contributed by atoms with Gasteiger partial charge in [-0.15, -0.1) is 0 Å². The first-order valence-electron chi connectivity index (χ1n) is 12.1. The minimum Gasteiger partial charge on any atom is -0.389 e. The molecule has 0 saturated heterocycles. The van der Waals surface area contributed by atoms with Crippen LogP contribution in [0.5, 0.6) is 0 Å². The van der Waals surface area contributed by atoms with Crippen LogP contribution < -0.4 is 0 Å². The van der Waals surface area contributed by atoms with Crippen molar-refractivity contribution in [1.29, 1.82) is 0 Å². The molecule has 2 N–H and O–H groups in total. The molecule has 0 spiro atoms. The van der Waals surface area contributed by atoms with Crippen LogP contribution in [0, 0.1) is 18.8 Å². The molecule has 0 amide bonds.